The summed E-state index contributed by atoms with van der Waals surface area (Å²) in [6, 6.07) is 6.03. The molecule has 7 heteroatoms. The first-order chi connectivity index (χ1) is 14.1. The quantitative estimate of drug-likeness (QED) is 0.673. The van der Waals surface area contributed by atoms with Crippen LogP contribution in [0, 0.1) is 0 Å². The lowest BCUT2D eigenvalue weighted by molar-refractivity contribution is 0.0945. The minimum atomic E-state index is 0.199. The van der Waals surface area contributed by atoms with Gasteiger partial charge in [-0.3, -0.25) is 4.90 Å². The van der Waals surface area contributed by atoms with E-state index in [1.54, 1.807) is 21.3 Å². The van der Waals surface area contributed by atoms with E-state index in [1.807, 2.05) is 43.4 Å². The van der Waals surface area contributed by atoms with Gasteiger partial charge in [0, 0.05) is 39.5 Å². The summed E-state index contributed by atoms with van der Waals surface area (Å²) in [7, 11) is 9.04. The van der Waals surface area contributed by atoms with Crippen molar-refractivity contribution in [3.05, 3.63) is 30.1 Å². The van der Waals surface area contributed by atoms with E-state index in [9.17, 15) is 0 Å². The summed E-state index contributed by atoms with van der Waals surface area (Å²) in [6.07, 6.45) is 5.33. The molecule has 1 fully saturated rings. The Balaban J connectivity index is 2.16. The lowest BCUT2D eigenvalue weighted by Crippen LogP contribution is -2.36. The van der Waals surface area contributed by atoms with Crippen LogP contribution in [0.2, 0.25) is 0 Å². The van der Waals surface area contributed by atoms with E-state index >= 15 is 0 Å². The lowest BCUT2D eigenvalue weighted by atomic mass is 9.93. The highest BCUT2D eigenvalue weighted by molar-refractivity contribution is 5.78. The molecule has 158 valence electrons. The van der Waals surface area contributed by atoms with E-state index in [-0.39, 0.29) is 6.04 Å². The van der Waals surface area contributed by atoms with Crippen LogP contribution >= 0.6 is 0 Å². The average molecular weight is 401 g/mol. The van der Waals surface area contributed by atoms with Crippen molar-refractivity contribution in [3.8, 4) is 22.6 Å². The Labute approximate surface area is 173 Å². The normalized spacial score (nSPS) is 17.2. The van der Waals surface area contributed by atoms with Crippen molar-refractivity contribution in [1.82, 2.24) is 14.9 Å². The Morgan fingerprint density at radius 2 is 1.83 bits per heavy atom. The number of piperidine rings is 1. The van der Waals surface area contributed by atoms with Crippen molar-refractivity contribution in [2.45, 2.75) is 25.3 Å². The maximum absolute atomic E-state index is 5.67. The van der Waals surface area contributed by atoms with Gasteiger partial charge >= 0.3 is 0 Å². The first-order valence-electron chi connectivity index (χ1n) is 10.1. The van der Waals surface area contributed by atoms with Gasteiger partial charge < -0.3 is 19.1 Å². The molecule has 29 heavy (non-hydrogen) atoms. The molecule has 0 radical (unpaired) electrons. The number of hydrogen-bond acceptors (Lipinski definition) is 7. The van der Waals surface area contributed by atoms with Gasteiger partial charge in [0.15, 0.2) is 0 Å². The molecule has 0 N–H and O–H groups in total. The third-order valence-corrected chi connectivity index (χ3v) is 5.41. The maximum Gasteiger partial charge on any atom is 0.225 e. The van der Waals surface area contributed by atoms with E-state index in [4.69, 9.17) is 19.2 Å². The number of anilines is 1. The Bertz CT molecular complexity index is 790. The fourth-order valence-corrected chi connectivity index (χ4v) is 3.94. The van der Waals surface area contributed by atoms with Crippen molar-refractivity contribution in [2.24, 2.45) is 0 Å². The largest absolute Gasteiger partial charge is 0.496 e. The maximum atomic E-state index is 5.67. The number of nitrogens with zero attached hydrogens (tertiary/aromatic N) is 4. The Morgan fingerprint density at radius 3 is 2.45 bits per heavy atom. The summed E-state index contributed by atoms with van der Waals surface area (Å²) in [6.45, 7) is 2.62. The van der Waals surface area contributed by atoms with Gasteiger partial charge in [0.05, 0.1) is 38.1 Å². The molecule has 2 aromatic rings. The zero-order chi connectivity index (χ0) is 20.8. The predicted molar refractivity (Wildman–Crippen MR) is 115 cm³/mol. The topological polar surface area (TPSA) is 60.0 Å². The average Bonchev–Trinajstić information content (AvgIpc) is 2.76. The minimum absolute atomic E-state index is 0.199. The third kappa shape index (κ3) is 4.62. The fraction of sp³-hybridized carbons (Fsp3) is 0.545. The van der Waals surface area contributed by atoms with Crippen molar-refractivity contribution in [1.29, 1.82) is 0 Å². The molecular formula is C22H32N4O3. The number of benzene rings is 1. The van der Waals surface area contributed by atoms with Crippen LogP contribution in [0.5, 0.6) is 11.5 Å². The van der Waals surface area contributed by atoms with Crippen LogP contribution in [0.4, 0.5) is 5.95 Å². The summed E-state index contributed by atoms with van der Waals surface area (Å²) in [5, 5.41) is 0. The van der Waals surface area contributed by atoms with Crippen molar-refractivity contribution < 1.29 is 14.2 Å². The number of likely N-dealkylation sites (tertiary alicyclic amines) is 1. The number of hydrogen-bond donors (Lipinski definition) is 0. The van der Waals surface area contributed by atoms with Crippen molar-refractivity contribution >= 4 is 5.95 Å². The standard InChI is InChI=1S/C22H32N4O3/c1-25(2)22-23-15-16(20-18(28-4)10-8-11-19(20)29-5)21(24-22)17-9-6-7-12-26(17)13-14-27-3/h8,10-11,15,17H,6-7,9,12-14H2,1-5H3/t17-/m0/s1. The van der Waals surface area contributed by atoms with Crippen LogP contribution < -0.4 is 14.4 Å². The van der Waals surface area contributed by atoms with Crippen LogP contribution in [0.15, 0.2) is 24.4 Å². The van der Waals surface area contributed by atoms with E-state index in [0.717, 1.165) is 47.8 Å². The summed E-state index contributed by atoms with van der Waals surface area (Å²) in [4.78, 5) is 14.0. The molecule has 0 amide bonds. The summed E-state index contributed by atoms with van der Waals surface area (Å²) >= 11 is 0. The van der Waals surface area contributed by atoms with Gasteiger partial charge in [-0.05, 0) is 31.5 Å². The molecule has 0 unspecified atom stereocenters. The number of methoxy groups -OCH3 is 3. The molecule has 1 saturated heterocycles. The van der Waals surface area contributed by atoms with Gasteiger partial charge in [0.25, 0.3) is 0 Å². The first-order valence-corrected chi connectivity index (χ1v) is 10.1. The second kappa shape index (κ2) is 9.89. The van der Waals surface area contributed by atoms with E-state index in [1.165, 1.54) is 12.8 Å². The second-order valence-corrected chi connectivity index (χ2v) is 7.44. The third-order valence-electron chi connectivity index (χ3n) is 5.41. The fourth-order valence-electron chi connectivity index (χ4n) is 3.94. The van der Waals surface area contributed by atoms with Crippen molar-refractivity contribution in [3.63, 3.8) is 0 Å². The van der Waals surface area contributed by atoms with Crippen LogP contribution in [-0.2, 0) is 4.74 Å². The molecule has 1 aliphatic rings. The SMILES string of the molecule is COCCN1CCCC[C@H]1c1nc(N(C)C)ncc1-c1c(OC)cccc1OC. The van der Waals surface area contributed by atoms with E-state index in [0.29, 0.717) is 12.6 Å². The predicted octanol–water partition coefficient (Wildman–Crippen LogP) is 3.40. The molecule has 0 spiro atoms. The minimum Gasteiger partial charge on any atom is -0.496 e. The number of ether oxygens (including phenoxy) is 3. The molecule has 1 aromatic heterocycles. The van der Waals surface area contributed by atoms with Gasteiger partial charge in [-0.2, -0.15) is 0 Å². The Kier molecular flexibility index (Phi) is 7.28. The zero-order valence-corrected chi connectivity index (χ0v) is 18.1. The van der Waals surface area contributed by atoms with Crippen LogP contribution in [0.25, 0.3) is 11.1 Å². The summed E-state index contributed by atoms with van der Waals surface area (Å²) < 4.78 is 16.7. The Morgan fingerprint density at radius 1 is 1.10 bits per heavy atom. The van der Waals surface area contributed by atoms with Gasteiger partial charge in [-0.25, -0.2) is 9.97 Å². The van der Waals surface area contributed by atoms with Gasteiger partial charge in [0.2, 0.25) is 5.95 Å². The molecular weight excluding hydrogens is 368 g/mol. The molecule has 0 aliphatic carbocycles. The lowest BCUT2D eigenvalue weighted by Gasteiger charge is -2.36. The molecule has 1 atom stereocenters. The smallest absolute Gasteiger partial charge is 0.225 e. The van der Waals surface area contributed by atoms with E-state index in [2.05, 4.69) is 9.88 Å². The molecule has 0 bridgehead atoms. The second-order valence-electron chi connectivity index (χ2n) is 7.44. The molecule has 1 aliphatic heterocycles. The van der Waals surface area contributed by atoms with E-state index < -0.39 is 0 Å². The summed E-state index contributed by atoms with van der Waals surface area (Å²) in [5.41, 5.74) is 2.87. The van der Waals surface area contributed by atoms with Crippen LogP contribution in [-0.4, -0.2) is 70.0 Å². The van der Waals surface area contributed by atoms with Crippen LogP contribution in [0.3, 0.4) is 0 Å². The number of rotatable bonds is 8. The molecule has 2 heterocycles. The molecule has 1 aromatic carbocycles. The first kappa shape index (κ1) is 21.3. The molecule has 7 nitrogen and oxygen atoms in total. The highest BCUT2D eigenvalue weighted by Gasteiger charge is 2.30. The van der Waals surface area contributed by atoms with Gasteiger partial charge in [-0.15, -0.1) is 0 Å². The van der Waals surface area contributed by atoms with Crippen LogP contribution in [0.1, 0.15) is 31.0 Å². The molecule has 3 rings (SSSR count). The highest BCUT2D eigenvalue weighted by Crippen LogP contribution is 2.43. The molecule has 0 saturated carbocycles. The highest BCUT2D eigenvalue weighted by atomic mass is 16.5. The summed E-state index contributed by atoms with van der Waals surface area (Å²) in [5.74, 6) is 2.21. The zero-order valence-electron chi connectivity index (χ0n) is 18.1. The monoisotopic (exact) mass is 400 g/mol. The van der Waals surface area contributed by atoms with Gasteiger partial charge in [0.1, 0.15) is 11.5 Å². The number of aromatic nitrogens is 2. The Hall–Kier alpha value is -2.38. The van der Waals surface area contributed by atoms with Gasteiger partial charge in [-0.1, -0.05) is 12.5 Å². The van der Waals surface area contributed by atoms with Crippen molar-refractivity contribution in [2.75, 3.05) is 60.0 Å².